The van der Waals surface area contributed by atoms with Gasteiger partial charge in [-0.1, -0.05) is 6.92 Å². The fraction of sp³-hybridized carbons (Fsp3) is 0.889. The highest BCUT2D eigenvalue weighted by Gasteiger charge is 2.30. The first-order valence-corrected chi connectivity index (χ1v) is 6.72. The second-order valence-corrected chi connectivity index (χ2v) is 5.69. The average molecular weight is 231 g/mol. The molecule has 1 saturated heterocycles. The van der Waals surface area contributed by atoms with Gasteiger partial charge in [0.25, 0.3) is 0 Å². The Labute approximate surface area is 91.1 Å². The van der Waals surface area contributed by atoms with E-state index in [1.54, 1.807) is 6.92 Å². The van der Waals surface area contributed by atoms with Gasteiger partial charge in [-0.15, -0.1) is 0 Å². The fourth-order valence-electron chi connectivity index (χ4n) is 1.62. The van der Waals surface area contributed by atoms with Gasteiger partial charge in [-0.2, -0.15) is 9.57 Å². The Bertz CT molecular complexity index is 326. The molecule has 0 aromatic heterocycles. The van der Waals surface area contributed by atoms with E-state index in [4.69, 9.17) is 5.26 Å². The van der Waals surface area contributed by atoms with Gasteiger partial charge >= 0.3 is 0 Å². The normalized spacial score (nSPS) is 21.6. The molecule has 1 rings (SSSR count). The van der Waals surface area contributed by atoms with Gasteiger partial charge in [0.05, 0.1) is 6.07 Å². The molecule has 1 atom stereocenters. The molecule has 1 unspecified atom stereocenters. The molecule has 0 spiro atoms. The van der Waals surface area contributed by atoms with Crippen molar-refractivity contribution in [1.29, 1.82) is 5.26 Å². The van der Waals surface area contributed by atoms with Crippen LogP contribution in [0.5, 0.6) is 0 Å². The minimum atomic E-state index is -3.42. The molecule has 6 heteroatoms. The second-order valence-electron chi connectivity index (χ2n) is 3.57. The van der Waals surface area contributed by atoms with Crippen LogP contribution in [0.25, 0.3) is 0 Å². The van der Waals surface area contributed by atoms with Crippen molar-refractivity contribution in [1.82, 2.24) is 9.62 Å². The van der Waals surface area contributed by atoms with E-state index >= 15 is 0 Å². The van der Waals surface area contributed by atoms with E-state index in [0.29, 0.717) is 26.1 Å². The van der Waals surface area contributed by atoms with Gasteiger partial charge in [-0.25, -0.2) is 8.42 Å². The number of sulfonamides is 1. The van der Waals surface area contributed by atoms with Gasteiger partial charge in [0.15, 0.2) is 5.25 Å². The van der Waals surface area contributed by atoms with Gasteiger partial charge in [-0.05, 0) is 19.4 Å². The molecule has 0 aromatic carbocycles. The Kier molecular flexibility index (Phi) is 4.51. The fourth-order valence-corrected chi connectivity index (χ4v) is 3.27. The van der Waals surface area contributed by atoms with Crippen LogP contribution in [0.15, 0.2) is 0 Å². The molecule has 15 heavy (non-hydrogen) atoms. The minimum Gasteiger partial charge on any atom is -0.315 e. The standard InChI is InChI=1S/C9H17N3O2S/c1-2-9(8-10)15(13,14)12-6-3-4-11-5-7-12/h9,11H,2-7H2,1H3. The third-order valence-corrected chi connectivity index (χ3v) is 4.78. The largest absolute Gasteiger partial charge is 0.315 e. The summed E-state index contributed by atoms with van der Waals surface area (Å²) in [6.07, 6.45) is 1.16. The lowest BCUT2D eigenvalue weighted by Gasteiger charge is -2.21. The average Bonchev–Trinajstić information content (AvgIpc) is 2.47. The highest BCUT2D eigenvalue weighted by molar-refractivity contribution is 7.90. The summed E-state index contributed by atoms with van der Waals surface area (Å²) in [5.41, 5.74) is 0. The molecule has 0 amide bonds. The van der Waals surface area contributed by atoms with Gasteiger partial charge < -0.3 is 5.32 Å². The number of hydrogen-bond donors (Lipinski definition) is 1. The molecule has 86 valence electrons. The topological polar surface area (TPSA) is 73.2 Å². The Morgan fingerprint density at radius 3 is 2.80 bits per heavy atom. The zero-order chi connectivity index (χ0) is 11.3. The number of hydrogen-bond acceptors (Lipinski definition) is 4. The van der Waals surface area contributed by atoms with E-state index in [-0.39, 0.29) is 0 Å². The molecule has 1 N–H and O–H groups in total. The summed E-state index contributed by atoms with van der Waals surface area (Å²) in [6, 6.07) is 1.86. The lowest BCUT2D eigenvalue weighted by Crippen LogP contribution is -2.40. The summed E-state index contributed by atoms with van der Waals surface area (Å²) in [7, 11) is -3.42. The second kappa shape index (κ2) is 5.45. The Balaban J connectivity index is 2.79. The van der Waals surface area contributed by atoms with Crippen molar-refractivity contribution in [2.45, 2.75) is 25.0 Å². The van der Waals surface area contributed by atoms with Crippen molar-refractivity contribution in [2.24, 2.45) is 0 Å². The zero-order valence-corrected chi connectivity index (χ0v) is 9.76. The first-order valence-electron chi connectivity index (χ1n) is 5.22. The first kappa shape index (κ1) is 12.4. The molecule has 1 heterocycles. The Morgan fingerprint density at radius 1 is 1.47 bits per heavy atom. The van der Waals surface area contributed by atoms with Crippen molar-refractivity contribution >= 4 is 10.0 Å². The summed E-state index contributed by atoms with van der Waals surface area (Å²) in [6.45, 7) is 4.23. The molecule has 0 bridgehead atoms. The van der Waals surface area contributed by atoms with Crippen LogP contribution in [0, 0.1) is 11.3 Å². The summed E-state index contributed by atoms with van der Waals surface area (Å²) in [5.74, 6) is 0. The zero-order valence-electron chi connectivity index (χ0n) is 8.94. The molecule has 5 nitrogen and oxygen atoms in total. The molecule has 1 fully saturated rings. The Hall–Kier alpha value is -0.640. The van der Waals surface area contributed by atoms with Gasteiger partial charge in [0, 0.05) is 19.6 Å². The highest BCUT2D eigenvalue weighted by Crippen LogP contribution is 2.12. The molecule has 0 aliphatic carbocycles. The molecule has 1 aliphatic heterocycles. The monoisotopic (exact) mass is 231 g/mol. The smallest absolute Gasteiger partial charge is 0.230 e. The van der Waals surface area contributed by atoms with Crippen molar-refractivity contribution in [3.8, 4) is 6.07 Å². The maximum absolute atomic E-state index is 12.0. The third kappa shape index (κ3) is 2.91. The molecule has 1 aliphatic rings. The van der Waals surface area contributed by atoms with Gasteiger partial charge in [0.2, 0.25) is 10.0 Å². The van der Waals surface area contributed by atoms with Crippen molar-refractivity contribution in [3.05, 3.63) is 0 Å². The van der Waals surface area contributed by atoms with Crippen LogP contribution >= 0.6 is 0 Å². The predicted molar refractivity (Wildman–Crippen MR) is 57.7 cm³/mol. The minimum absolute atomic E-state index is 0.350. The Morgan fingerprint density at radius 2 is 2.20 bits per heavy atom. The summed E-state index contributed by atoms with van der Waals surface area (Å²) >= 11 is 0. The summed E-state index contributed by atoms with van der Waals surface area (Å²) in [5, 5.41) is 11.0. The quantitative estimate of drug-likeness (QED) is 0.737. The highest BCUT2D eigenvalue weighted by atomic mass is 32.2. The predicted octanol–water partition coefficient (Wildman–Crippen LogP) is -0.0863. The number of rotatable bonds is 3. The van der Waals surface area contributed by atoms with Crippen LogP contribution in [0.3, 0.4) is 0 Å². The lowest BCUT2D eigenvalue weighted by atomic mass is 10.4. The molecule has 0 aromatic rings. The number of nitrogens with one attached hydrogen (secondary N) is 1. The number of nitrogens with zero attached hydrogens (tertiary/aromatic N) is 2. The summed E-state index contributed by atoms with van der Waals surface area (Å²) in [4.78, 5) is 0. The van der Waals surface area contributed by atoms with Gasteiger partial charge in [0.1, 0.15) is 0 Å². The molecular weight excluding hydrogens is 214 g/mol. The molecular formula is C9H17N3O2S. The van der Waals surface area contributed by atoms with Crippen LogP contribution in [0.1, 0.15) is 19.8 Å². The van der Waals surface area contributed by atoms with Crippen LogP contribution in [0.2, 0.25) is 0 Å². The van der Waals surface area contributed by atoms with E-state index in [2.05, 4.69) is 5.32 Å². The van der Waals surface area contributed by atoms with Crippen LogP contribution in [0.4, 0.5) is 0 Å². The van der Waals surface area contributed by atoms with E-state index in [9.17, 15) is 8.42 Å². The SMILES string of the molecule is CCC(C#N)S(=O)(=O)N1CCCNCC1. The maximum atomic E-state index is 12.0. The van der Waals surface area contributed by atoms with Crippen LogP contribution in [-0.4, -0.2) is 44.2 Å². The summed E-state index contributed by atoms with van der Waals surface area (Å²) < 4.78 is 25.4. The van der Waals surface area contributed by atoms with Crippen LogP contribution < -0.4 is 5.32 Å². The van der Waals surface area contributed by atoms with Crippen molar-refractivity contribution in [3.63, 3.8) is 0 Å². The lowest BCUT2D eigenvalue weighted by molar-refractivity contribution is 0.427. The van der Waals surface area contributed by atoms with E-state index in [1.807, 2.05) is 6.07 Å². The molecule has 0 saturated carbocycles. The maximum Gasteiger partial charge on any atom is 0.230 e. The van der Waals surface area contributed by atoms with Crippen molar-refractivity contribution in [2.75, 3.05) is 26.2 Å². The number of nitriles is 1. The molecule has 0 radical (unpaired) electrons. The van der Waals surface area contributed by atoms with Crippen LogP contribution in [-0.2, 0) is 10.0 Å². The van der Waals surface area contributed by atoms with Gasteiger partial charge in [-0.3, -0.25) is 0 Å². The van der Waals surface area contributed by atoms with E-state index < -0.39 is 15.3 Å². The van der Waals surface area contributed by atoms with Crippen molar-refractivity contribution < 1.29 is 8.42 Å². The van der Waals surface area contributed by atoms with E-state index in [0.717, 1.165) is 13.0 Å². The first-order chi connectivity index (χ1) is 7.12. The third-order valence-electron chi connectivity index (χ3n) is 2.53. The van der Waals surface area contributed by atoms with E-state index in [1.165, 1.54) is 4.31 Å².